The Labute approximate surface area is 161 Å². The van der Waals surface area contributed by atoms with Crippen molar-refractivity contribution in [2.75, 3.05) is 38.0 Å². The van der Waals surface area contributed by atoms with Crippen LogP contribution in [0.4, 0.5) is 5.69 Å². The summed E-state index contributed by atoms with van der Waals surface area (Å²) in [7, 11) is 0. The van der Waals surface area contributed by atoms with Crippen molar-refractivity contribution in [2.24, 2.45) is 0 Å². The summed E-state index contributed by atoms with van der Waals surface area (Å²) in [5.41, 5.74) is 3.23. The number of nitrogens with one attached hydrogen (secondary N) is 3. The van der Waals surface area contributed by atoms with Gasteiger partial charge in [0.1, 0.15) is 44.2 Å². The number of piperazine rings is 1. The average molecular weight is 373 g/mol. The molecule has 0 spiro atoms. The van der Waals surface area contributed by atoms with Crippen LogP contribution in [0, 0.1) is 6.92 Å². The summed E-state index contributed by atoms with van der Waals surface area (Å²) in [5.74, 6) is 1.51. The van der Waals surface area contributed by atoms with Crippen molar-refractivity contribution in [1.82, 2.24) is 5.16 Å². The van der Waals surface area contributed by atoms with Crippen molar-refractivity contribution >= 4 is 11.6 Å². The summed E-state index contributed by atoms with van der Waals surface area (Å²) in [6.45, 7) is 11.9. The van der Waals surface area contributed by atoms with E-state index in [1.807, 2.05) is 25.1 Å². The Kier molecular flexibility index (Phi) is 6.63. The number of amides is 1. The number of aromatic nitrogens is 1. The number of quaternary nitrogens is 2. The van der Waals surface area contributed by atoms with Crippen molar-refractivity contribution in [1.29, 1.82) is 0 Å². The molecule has 3 N–H and O–H groups in total. The average Bonchev–Trinajstić information content (AvgIpc) is 3.08. The largest absolute Gasteiger partial charge is 0.361 e. The minimum Gasteiger partial charge on any atom is -0.361 e. The Balaban J connectivity index is 1.41. The fourth-order valence-corrected chi connectivity index (χ4v) is 3.63. The van der Waals surface area contributed by atoms with E-state index in [9.17, 15) is 4.79 Å². The number of hydrogen-bond donors (Lipinski definition) is 3. The monoisotopic (exact) mass is 372 g/mol. The summed E-state index contributed by atoms with van der Waals surface area (Å²) >= 11 is 0. The second kappa shape index (κ2) is 9.15. The molecule has 1 aliphatic rings. The Morgan fingerprint density at radius 1 is 1.19 bits per heavy atom. The van der Waals surface area contributed by atoms with Crippen molar-refractivity contribution < 1.29 is 19.1 Å². The van der Waals surface area contributed by atoms with Crippen LogP contribution in [0.1, 0.15) is 43.2 Å². The van der Waals surface area contributed by atoms with Crippen LogP contribution in [0.5, 0.6) is 0 Å². The van der Waals surface area contributed by atoms with Gasteiger partial charge in [0.25, 0.3) is 5.91 Å². The van der Waals surface area contributed by atoms with E-state index in [0.29, 0.717) is 12.5 Å². The molecule has 146 valence electrons. The zero-order valence-electron chi connectivity index (χ0n) is 16.7. The highest BCUT2D eigenvalue weighted by molar-refractivity contribution is 5.91. The number of carbonyl (C=O) groups excluding carboxylic acids is 1. The van der Waals surface area contributed by atoms with Crippen molar-refractivity contribution in [2.45, 2.75) is 39.7 Å². The van der Waals surface area contributed by atoms with Gasteiger partial charge in [-0.25, -0.2) is 0 Å². The van der Waals surface area contributed by atoms with Gasteiger partial charge in [-0.2, -0.15) is 0 Å². The van der Waals surface area contributed by atoms with E-state index in [-0.39, 0.29) is 5.91 Å². The van der Waals surface area contributed by atoms with E-state index >= 15 is 0 Å². The summed E-state index contributed by atoms with van der Waals surface area (Å²) < 4.78 is 5.14. The van der Waals surface area contributed by atoms with Gasteiger partial charge in [-0.1, -0.05) is 31.1 Å². The van der Waals surface area contributed by atoms with E-state index in [1.165, 1.54) is 15.4 Å². The smallest absolute Gasteiger partial charge is 0.279 e. The van der Waals surface area contributed by atoms with Crippen molar-refractivity contribution in [3.05, 3.63) is 47.3 Å². The van der Waals surface area contributed by atoms with Crippen LogP contribution >= 0.6 is 0 Å². The lowest BCUT2D eigenvalue weighted by atomic mass is 9.99. The summed E-state index contributed by atoms with van der Waals surface area (Å²) in [5, 5.41) is 7.12. The maximum absolute atomic E-state index is 12.4. The Morgan fingerprint density at radius 2 is 1.85 bits per heavy atom. The number of carbonyl (C=O) groups is 1. The van der Waals surface area contributed by atoms with Gasteiger partial charge in [0.05, 0.1) is 0 Å². The van der Waals surface area contributed by atoms with Crippen molar-refractivity contribution in [3.8, 4) is 0 Å². The first-order valence-corrected chi connectivity index (χ1v) is 10.0. The molecule has 2 aromatic rings. The molecule has 6 nitrogen and oxygen atoms in total. The van der Waals surface area contributed by atoms with E-state index in [1.54, 1.807) is 0 Å². The number of benzene rings is 1. The molecule has 1 saturated heterocycles. The third-order valence-electron chi connectivity index (χ3n) is 5.56. The fourth-order valence-electron chi connectivity index (χ4n) is 3.63. The number of hydrogen-bond acceptors (Lipinski definition) is 3. The lowest BCUT2D eigenvalue weighted by Gasteiger charge is -2.28. The molecular formula is C21H32N4O2+2. The minimum atomic E-state index is 0.0943. The molecule has 1 aromatic heterocycles. The second-order valence-electron chi connectivity index (χ2n) is 7.76. The molecule has 0 aliphatic carbocycles. The maximum atomic E-state index is 12.4. The Morgan fingerprint density at radius 3 is 2.44 bits per heavy atom. The third-order valence-corrected chi connectivity index (χ3v) is 5.56. The van der Waals surface area contributed by atoms with Gasteiger partial charge in [0, 0.05) is 11.8 Å². The first-order chi connectivity index (χ1) is 13.0. The molecule has 1 aromatic carbocycles. The lowest BCUT2D eigenvalue weighted by molar-refractivity contribution is -1.02. The minimum absolute atomic E-state index is 0.0943. The third kappa shape index (κ3) is 5.65. The zero-order chi connectivity index (χ0) is 19.2. The molecule has 1 aliphatic heterocycles. The van der Waals surface area contributed by atoms with Crippen LogP contribution in [0.25, 0.3) is 0 Å². The molecule has 27 heavy (non-hydrogen) atoms. The van der Waals surface area contributed by atoms with Crippen LogP contribution in [0.3, 0.4) is 0 Å². The molecule has 0 bridgehead atoms. The number of rotatable bonds is 7. The number of nitrogens with zero attached hydrogens (tertiary/aromatic N) is 1. The van der Waals surface area contributed by atoms with Crippen LogP contribution in [-0.4, -0.2) is 43.8 Å². The quantitative estimate of drug-likeness (QED) is 0.660. The van der Waals surface area contributed by atoms with Gasteiger partial charge in [0.15, 0.2) is 6.54 Å². The van der Waals surface area contributed by atoms with Crippen molar-refractivity contribution in [3.63, 3.8) is 0 Å². The predicted molar refractivity (Wildman–Crippen MR) is 105 cm³/mol. The molecule has 0 radical (unpaired) electrons. The Bertz CT molecular complexity index is 733. The zero-order valence-corrected chi connectivity index (χ0v) is 16.7. The number of aryl methyl sites for hydroxylation is 1. The molecule has 0 saturated carbocycles. The molecule has 6 heteroatoms. The van der Waals surface area contributed by atoms with Gasteiger partial charge in [0.2, 0.25) is 0 Å². The highest BCUT2D eigenvalue weighted by atomic mass is 16.5. The number of anilines is 1. The van der Waals surface area contributed by atoms with Gasteiger partial charge < -0.3 is 19.6 Å². The Hall–Kier alpha value is -2.18. The van der Waals surface area contributed by atoms with Crippen LogP contribution in [0.15, 0.2) is 34.9 Å². The van der Waals surface area contributed by atoms with Gasteiger partial charge in [-0.15, -0.1) is 0 Å². The first kappa shape index (κ1) is 19.6. The molecule has 3 rings (SSSR count). The molecule has 1 amide bonds. The standard InChI is InChI=1S/C21H30N4O2/c1-4-16(2)18-5-7-19(8-6-18)22-21(26)15-25-11-9-24(10-12-25)14-20-13-17(3)27-23-20/h5-8,13,16H,4,9-12,14-15H2,1-3H3,(H,22,26)/p+2/t16-/m0/s1. The van der Waals surface area contributed by atoms with Gasteiger partial charge in [-0.05, 0) is 37.0 Å². The summed E-state index contributed by atoms with van der Waals surface area (Å²) in [6.07, 6.45) is 1.12. The topological polar surface area (TPSA) is 64.0 Å². The summed E-state index contributed by atoms with van der Waals surface area (Å²) in [6, 6.07) is 10.3. The highest BCUT2D eigenvalue weighted by Gasteiger charge is 2.25. The van der Waals surface area contributed by atoms with Crippen LogP contribution < -0.4 is 15.1 Å². The molecular weight excluding hydrogens is 340 g/mol. The van der Waals surface area contributed by atoms with E-state index in [0.717, 1.165) is 56.3 Å². The van der Waals surface area contributed by atoms with Crippen LogP contribution in [-0.2, 0) is 11.3 Å². The van der Waals surface area contributed by atoms with E-state index < -0.39 is 0 Å². The van der Waals surface area contributed by atoms with E-state index in [4.69, 9.17) is 4.52 Å². The molecule has 1 fully saturated rings. The summed E-state index contributed by atoms with van der Waals surface area (Å²) in [4.78, 5) is 15.2. The molecule has 0 unspecified atom stereocenters. The second-order valence-corrected chi connectivity index (χ2v) is 7.76. The highest BCUT2D eigenvalue weighted by Crippen LogP contribution is 2.20. The maximum Gasteiger partial charge on any atom is 0.279 e. The fraction of sp³-hybridized carbons (Fsp3) is 0.524. The van der Waals surface area contributed by atoms with Gasteiger partial charge >= 0.3 is 0 Å². The first-order valence-electron chi connectivity index (χ1n) is 10.0. The van der Waals surface area contributed by atoms with Crippen LogP contribution in [0.2, 0.25) is 0 Å². The molecule has 2 heterocycles. The van der Waals surface area contributed by atoms with E-state index in [2.05, 4.69) is 36.5 Å². The normalized spacial score (nSPS) is 21.0. The van der Waals surface area contributed by atoms with Gasteiger partial charge in [-0.3, -0.25) is 4.79 Å². The SMILES string of the molecule is CC[C@H](C)c1ccc(NC(=O)C[NH+]2CC[NH+](Cc3cc(C)on3)CC2)cc1. The molecule has 1 atom stereocenters. The lowest BCUT2D eigenvalue weighted by Crippen LogP contribution is -3.28. The predicted octanol–water partition coefficient (Wildman–Crippen LogP) is 0.419.